The molecule has 0 aromatic heterocycles. The highest BCUT2D eigenvalue weighted by Gasteiger charge is 2.18. The van der Waals surface area contributed by atoms with Crippen LogP contribution in [0.1, 0.15) is 16.7 Å². The van der Waals surface area contributed by atoms with E-state index in [0.29, 0.717) is 22.5 Å². The van der Waals surface area contributed by atoms with E-state index in [1.807, 2.05) is 6.92 Å². The molecule has 112 valence electrons. The van der Waals surface area contributed by atoms with Crippen LogP contribution in [0.4, 0.5) is 15.8 Å². The summed E-state index contributed by atoms with van der Waals surface area (Å²) in [6.45, 7) is 5.15. The van der Waals surface area contributed by atoms with E-state index < -0.39 is 15.8 Å². The maximum atomic E-state index is 13.1. The number of hydrogen-bond donors (Lipinski definition) is 2. The van der Waals surface area contributed by atoms with E-state index >= 15 is 0 Å². The molecule has 0 radical (unpaired) electrons. The van der Waals surface area contributed by atoms with Gasteiger partial charge >= 0.3 is 0 Å². The van der Waals surface area contributed by atoms with Gasteiger partial charge < -0.3 is 5.73 Å². The summed E-state index contributed by atoms with van der Waals surface area (Å²) < 4.78 is 40.4. The summed E-state index contributed by atoms with van der Waals surface area (Å²) in [5.74, 6) is -0.470. The molecule has 0 fully saturated rings. The van der Waals surface area contributed by atoms with E-state index in [1.165, 1.54) is 12.1 Å². The second-order valence-electron chi connectivity index (χ2n) is 4.98. The smallest absolute Gasteiger partial charge is 0.262 e. The maximum absolute atomic E-state index is 13.1. The van der Waals surface area contributed by atoms with Crippen LogP contribution in [0.5, 0.6) is 0 Å². The van der Waals surface area contributed by atoms with Crippen molar-refractivity contribution >= 4 is 21.4 Å². The summed E-state index contributed by atoms with van der Waals surface area (Å²) in [4.78, 5) is 0.0439. The number of anilines is 2. The normalized spacial score (nSPS) is 11.4. The van der Waals surface area contributed by atoms with Crippen molar-refractivity contribution in [1.82, 2.24) is 0 Å². The third-order valence-corrected chi connectivity index (χ3v) is 4.93. The quantitative estimate of drug-likeness (QED) is 0.856. The fourth-order valence-electron chi connectivity index (χ4n) is 2.09. The lowest BCUT2D eigenvalue weighted by Crippen LogP contribution is -2.15. The van der Waals surface area contributed by atoms with Crippen molar-refractivity contribution in [3.63, 3.8) is 0 Å². The van der Waals surface area contributed by atoms with Crippen LogP contribution >= 0.6 is 0 Å². The van der Waals surface area contributed by atoms with E-state index in [9.17, 15) is 12.8 Å². The minimum Gasteiger partial charge on any atom is -0.398 e. The van der Waals surface area contributed by atoms with E-state index in [1.54, 1.807) is 26.0 Å². The SMILES string of the molecule is Cc1cc(F)ccc1S(=O)(=O)Nc1ccc(C)c(N)c1C. The van der Waals surface area contributed by atoms with Crippen molar-refractivity contribution in [2.24, 2.45) is 0 Å². The molecular weight excluding hydrogens is 291 g/mol. The summed E-state index contributed by atoms with van der Waals surface area (Å²) >= 11 is 0. The molecule has 0 aliphatic heterocycles. The van der Waals surface area contributed by atoms with E-state index in [4.69, 9.17) is 5.73 Å². The van der Waals surface area contributed by atoms with Gasteiger partial charge in [0.1, 0.15) is 5.82 Å². The maximum Gasteiger partial charge on any atom is 0.262 e. The van der Waals surface area contributed by atoms with Crippen LogP contribution in [0, 0.1) is 26.6 Å². The number of halogens is 1. The van der Waals surface area contributed by atoms with Gasteiger partial charge in [0, 0.05) is 5.69 Å². The Bertz CT molecular complexity index is 802. The monoisotopic (exact) mass is 308 g/mol. The summed E-state index contributed by atoms with van der Waals surface area (Å²) in [6.07, 6.45) is 0. The lowest BCUT2D eigenvalue weighted by molar-refractivity contribution is 0.598. The molecule has 3 N–H and O–H groups in total. The number of benzene rings is 2. The van der Waals surface area contributed by atoms with Gasteiger partial charge in [-0.15, -0.1) is 0 Å². The minimum atomic E-state index is -3.79. The zero-order valence-electron chi connectivity index (χ0n) is 12.1. The molecule has 2 rings (SSSR count). The molecule has 0 bridgehead atoms. The molecule has 2 aromatic rings. The largest absolute Gasteiger partial charge is 0.398 e. The van der Waals surface area contributed by atoms with Gasteiger partial charge in [0.15, 0.2) is 0 Å². The molecule has 6 heteroatoms. The van der Waals surface area contributed by atoms with Gasteiger partial charge in [-0.2, -0.15) is 0 Å². The van der Waals surface area contributed by atoms with Gasteiger partial charge in [0.05, 0.1) is 10.6 Å². The highest BCUT2D eigenvalue weighted by molar-refractivity contribution is 7.92. The summed E-state index contributed by atoms with van der Waals surface area (Å²) in [5.41, 5.74) is 8.77. The van der Waals surface area contributed by atoms with Gasteiger partial charge in [-0.05, 0) is 61.7 Å². The third-order valence-electron chi connectivity index (χ3n) is 3.40. The zero-order valence-corrected chi connectivity index (χ0v) is 12.9. The molecule has 0 heterocycles. The molecule has 2 aromatic carbocycles. The second kappa shape index (κ2) is 5.37. The van der Waals surface area contributed by atoms with Crippen LogP contribution in [0.15, 0.2) is 35.2 Å². The number of nitrogens with one attached hydrogen (secondary N) is 1. The number of aryl methyl sites for hydroxylation is 2. The Morgan fingerprint density at radius 3 is 2.33 bits per heavy atom. The molecule has 0 unspecified atom stereocenters. The first-order valence-corrected chi connectivity index (χ1v) is 7.85. The van der Waals surface area contributed by atoms with Gasteiger partial charge in [-0.25, -0.2) is 12.8 Å². The fraction of sp³-hybridized carbons (Fsp3) is 0.200. The Morgan fingerprint density at radius 1 is 1.05 bits per heavy atom. The summed E-state index contributed by atoms with van der Waals surface area (Å²) in [5, 5.41) is 0. The fourth-order valence-corrected chi connectivity index (χ4v) is 3.44. The predicted octanol–water partition coefficient (Wildman–Crippen LogP) is 3.13. The molecular formula is C15H17FN2O2S. The number of rotatable bonds is 3. The lowest BCUT2D eigenvalue weighted by Gasteiger charge is -2.14. The molecule has 0 saturated heterocycles. The van der Waals surface area contributed by atoms with E-state index in [0.717, 1.165) is 11.6 Å². The highest BCUT2D eigenvalue weighted by atomic mass is 32.2. The van der Waals surface area contributed by atoms with Crippen LogP contribution in [0.3, 0.4) is 0 Å². The Morgan fingerprint density at radius 2 is 1.71 bits per heavy atom. The van der Waals surface area contributed by atoms with Crippen molar-refractivity contribution in [3.05, 3.63) is 52.8 Å². The Labute approximate surface area is 123 Å². The standard InChI is InChI=1S/C15H17FN2O2S/c1-9-4-6-13(11(3)15(9)17)18-21(19,20)14-7-5-12(16)8-10(14)2/h4-8,18H,17H2,1-3H3. The van der Waals surface area contributed by atoms with E-state index in [2.05, 4.69) is 4.72 Å². The second-order valence-corrected chi connectivity index (χ2v) is 6.63. The first kappa shape index (κ1) is 15.3. The predicted molar refractivity (Wildman–Crippen MR) is 82.3 cm³/mol. The molecule has 21 heavy (non-hydrogen) atoms. The number of nitrogens with two attached hydrogens (primary N) is 1. The van der Waals surface area contributed by atoms with E-state index in [-0.39, 0.29) is 4.90 Å². The highest BCUT2D eigenvalue weighted by Crippen LogP contribution is 2.27. The topological polar surface area (TPSA) is 72.2 Å². The van der Waals surface area contributed by atoms with Crippen LogP contribution in [0.25, 0.3) is 0 Å². The van der Waals surface area contributed by atoms with Crippen molar-refractivity contribution in [2.75, 3.05) is 10.5 Å². The minimum absolute atomic E-state index is 0.0439. The molecule has 4 nitrogen and oxygen atoms in total. The number of hydrogen-bond acceptors (Lipinski definition) is 3. The van der Waals surface area contributed by atoms with Crippen LogP contribution in [0.2, 0.25) is 0 Å². The average Bonchev–Trinajstić information content (AvgIpc) is 2.39. The Kier molecular flexibility index (Phi) is 3.91. The van der Waals surface area contributed by atoms with Gasteiger partial charge in [-0.1, -0.05) is 6.07 Å². The molecule has 0 amide bonds. The molecule has 0 spiro atoms. The third kappa shape index (κ3) is 3.00. The van der Waals surface area contributed by atoms with Gasteiger partial charge in [0.2, 0.25) is 0 Å². The summed E-state index contributed by atoms with van der Waals surface area (Å²) in [6, 6.07) is 6.97. The Hall–Kier alpha value is -2.08. The van der Waals surface area contributed by atoms with Crippen molar-refractivity contribution in [2.45, 2.75) is 25.7 Å². The first-order valence-electron chi connectivity index (χ1n) is 6.37. The van der Waals surface area contributed by atoms with Gasteiger partial charge in [0.25, 0.3) is 10.0 Å². The van der Waals surface area contributed by atoms with Crippen molar-refractivity contribution in [1.29, 1.82) is 0 Å². The van der Waals surface area contributed by atoms with Crippen molar-refractivity contribution in [3.8, 4) is 0 Å². The molecule has 0 aliphatic rings. The van der Waals surface area contributed by atoms with Gasteiger partial charge in [-0.3, -0.25) is 4.72 Å². The van der Waals surface area contributed by atoms with Crippen LogP contribution < -0.4 is 10.5 Å². The van der Waals surface area contributed by atoms with Crippen LogP contribution in [-0.4, -0.2) is 8.42 Å². The molecule has 0 atom stereocenters. The molecule has 0 saturated carbocycles. The van der Waals surface area contributed by atoms with Crippen LogP contribution in [-0.2, 0) is 10.0 Å². The number of sulfonamides is 1. The summed E-state index contributed by atoms with van der Waals surface area (Å²) in [7, 11) is -3.79. The zero-order chi connectivity index (χ0) is 15.8. The lowest BCUT2D eigenvalue weighted by atomic mass is 10.1. The Balaban J connectivity index is 2.45. The first-order chi connectivity index (χ1) is 9.72. The average molecular weight is 308 g/mol. The molecule has 0 aliphatic carbocycles. The number of nitrogen functional groups attached to an aromatic ring is 1. The van der Waals surface area contributed by atoms with Crippen molar-refractivity contribution < 1.29 is 12.8 Å².